The van der Waals surface area contributed by atoms with Crippen LogP contribution in [0, 0.1) is 13.8 Å². The normalized spacial score (nSPS) is 19.7. The molecule has 5 nitrogen and oxygen atoms in total. The topological polar surface area (TPSA) is 58.4 Å². The third-order valence-corrected chi connectivity index (χ3v) is 3.90. The second-order valence-electron chi connectivity index (χ2n) is 5.27. The molecule has 0 aliphatic carbocycles. The lowest BCUT2D eigenvalue weighted by Gasteiger charge is -2.35. The minimum Gasteiger partial charge on any atom is -0.361 e. The van der Waals surface area contributed by atoms with E-state index in [9.17, 15) is 4.79 Å². The minimum absolute atomic E-state index is 0.189. The summed E-state index contributed by atoms with van der Waals surface area (Å²) in [5.74, 6) is 0.947. The van der Waals surface area contributed by atoms with Gasteiger partial charge in [-0.1, -0.05) is 5.16 Å². The van der Waals surface area contributed by atoms with Crippen molar-refractivity contribution < 1.29 is 9.32 Å². The molecule has 2 rings (SSSR count). The van der Waals surface area contributed by atoms with E-state index in [1.807, 2.05) is 25.8 Å². The first-order valence-corrected chi connectivity index (χ1v) is 6.99. The molecule has 106 valence electrons. The number of carbonyl (C=O) groups is 1. The van der Waals surface area contributed by atoms with Gasteiger partial charge in [-0.2, -0.15) is 0 Å². The highest BCUT2D eigenvalue weighted by Crippen LogP contribution is 2.20. The number of aromatic nitrogens is 1. The number of likely N-dealkylation sites (tertiary alicyclic amines) is 1. The Hall–Kier alpha value is -1.36. The number of nitrogens with one attached hydrogen (secondary N) is 1. The van der Waals surface area contributed by atoms with Gasteiger partial charge >= 0.3 is 0 Å². The lowest BCUT2D eigenvalue weighted by atomic mass is 10.0. The molecule has 0 radical (unpaired) electrons. The van der Waals surface area contributed by atoms with Crippen molar-refractivity contribution in [2.24, 2.45) is 0 Å². The Morgan fingerprint density at radius 1 is 1.47 bits per heavy atom. The quantitative estimate of drug-likeness (QED) is 0.895. The summed E-state index contributed by atoms with van der Waals surface area (Å²) in [5.41, 5.74) is 1.77. The molecule has 1 aliphatic rings. The Kier molecular flexibility index (Phi) is 4.58. The lowest BCUT2D eigenvalue weighted by Crippen LogP contribution is -2.48. The Morgan fingerprint density at radius 3 is 2.89 bits per heavy atom. The van der Waals surface area contributed by atoms with Gasteiger partial charge in [0.25, 0.3) is 0 Å². The van der Waals surface area contributed by atoms with E-state index in [0.717, 1.165) is 42.9 Å². The maximum absolute atomic E-state index is 12.5. The fourth-order valence-electron chi connectivity index (χ4n) is 2.78. The van der Waals surface area contributed by atoms with Crippen molar-refractivity contribution in [1.82, 2.24) is 15.4 Å². The highest BCUT2D eigenvalue weighted by molar-refractivity contribution is 5.79. The molecular formula is C14H23N3O2. The molecule has 1 atom stereocenters. The number of hydrogen-bond acceptors (Lipinski definition) is 4. The summed E-state index contributed by atoms with van der Waals surface area (Å²) in [7, 11) is 1.94. The van der Waals surface area contributed by atoms with E-state index in [4.69, 9.17) is 4.52 Å². The summed E-state index contributed by atoms with van der Waals surface area (Å²) >= 11 is 0. The van der Waals surface area contributed by atoms with Gasteiger partial charge in [0.2, 0.25) is 5.91 Å². The van der Waals surface area contributed by atoms with Crippen LogP contribution in [-0.2, 0) is 11.2 Å². The van der Waals surface area contributed by atoms with Crippen molar-refractivity contribution in [2.75, 3.05) is 20.1 Å². The van der Waals surface area contributed by atoms with Crippen LogP contribution in [0.15, 0.2) is 4.52 Å². The van der Waals surface area contributed by atoms with Gasteiger partial charge in [-0.3, -0.25) is 4.79 Å². The van der Waals surface area contributed by atoms with Crippen LogP contribution in [0.4, 0.5) is 0 Å². The van der Waals surface area contributed by atoms with Gasteiger partial charge in [0, 0.05) is 24.7 Å². The first kappa shape index (κ1) is 14.1. The fourth-order valence-corrected chi connectivity index (χ4v) is 2.78. The molecule has 0 bridgehead atoms. The first-order chi connectivity index (χ1) is 9.13. The summed E-state index contributed by atoms with van der Waals surface area (Å²) in [4.78, 5) is 14.5. The molecule has 2 heterocycles. The molecule has 5 heteroatoms. The predicted molar refractivity (Wildman–Crippen MR) is 73.0 cm³/mol. The molecule has 1 fully saturated rings. The van der Waals surface area contributed by atoms with Crippen molar-refractivity contribution >= 4 is 5.91 Å². The summed E-state index contributed by atoms with van der Waals surface area (Å²) in [6, 6.07) is 0.326. The van der Waals surface area contributed by atoms with Gasteiger partial charge in [0.15, 0.2) is 0 Å². The zero-order chi connectivity index (χ0) is 13.8. The number of rotatable bonds is 4. The standard InChI is InChI=1S/C14H23N3O2/c1-10-13(11(2)19-16-10)8-14(18)17-7-5-4-6-12(17)9-15-3/h12,15H,4-9H2,1-3H3. The molecular weight excluding hydrogens is 242 g/mol. The van der Waals surface area contributed by atoms with Crippen LogP contribution in [0.25, 0.3) is 0 Å². The number of hydrogen-bond donors (Lipinski definition) is 1. The summed E-state index contributed by atoms with van der Waals surface area (Å²) in [6.07, 6.45) is 3.81. The maximum atomic E-state index is 12.5. The zero-order valence-electron chi connectivity index (χ0n) is 12.0. The van der Waals surface area contributed by atoms with Crippen LogP contribution in [0.5, 0.6) is 0 Å². The molecule has 0 spiro atoms. The van der Waals surface area contributed by atoms with E-state index in [1.54, 1.807) is 0 Å². The van der Waals surface area contributed by atoms with E-state index in [0.29, 0.717) is 12.5 Å². The van der Waals surface area contributed by atoms with Gasteiger partial charge in [-0.05, 0) is 40.2 Å². The average Bonchev–Trinajstić information content (AvgIpc) is 2.71. The van der Waals surface area contributed by atoms with E-state index >= 15 is 0 Å². The molecule has 0 aromatic carbocycles. The average molecular weight is 265 g/mol. The number of piperidine rings is 1. The minimum atomic E-state index is 0.189. The Bertz CT molecular complexity index is 420. The fraction of sp³-hybridized carbons (Fsp3) is 0.714. The van der Waals surface area contributed by atoms with Gasteiger partial charge < -0.3 is 14.7 Å². The van der Waals surface area contributed by atoms with Gasteiger partial charge in [-0.25, -0.2) is 0 Å². The molecule has 1 aromatic heterocycles. The van der Waals surface area contributed by atoms with Crippen LogP contribution in [-0.4, -0.2) is 42.1 Å². The molecule has 1 unspecified atom stereocenters. The number of amides is 1. The van der Waals surface area contributed by atoms with E-state index in [-0.39, 0.29) is 5.91 Å². The molecule has 1 N–H and O–H groups in total. The lowest BCUT2D eigenvalue weighted by molar-refractivity contribution is -0.134. The van der Waals surface area contributed by atoms with Crippen LogP contribution in [0.1, 0.15) is 36.3 Å². The highest BCUT2D eigenvalue weighted by Gasteiger charge is 2.27. The number of likely N-dealkylation sites (N-methyl/N-ethyl adjacent to an activating group) is 1. The highest BCUT2D eigenvalue weighted by atomic mass is 16.5. The molecule has 1 amide bonds. The SMILES string of the molecule is CNCC1CCCCN1C(=O)Cc1c(C)noc1C. The largest absolute Gasteiger partial charge is 0.361 e. The molecule has 1 saturated heterocycles. The van der Waals surface area contributed by atoms with Gasteiger partial charge in [0.1, 0.15) is 5.76 Å². The van der Waals surface area contributed by atoms with Crippen molar-refractivity contribution in [3.05, 3.63) is 17.0 Å². The van der Waals surface area contributed by atoms with Crippen molar-refractivity contribution in [2.45, 2.75) is 45.6 Å². The van der Waals surface area contributed by atoms with Crippen molar-refractivity contribution in [3.8, 4) is 0 Å². The van der Waals surface area contributed by atoms with Crippen molar-refractivity contribution in [1.29, 1.82) is 0 Å². The first-order valence-electron chi connectivity index (χ1n) is 6.99. The zero-order valence-corrected chi connectivity index (χ0v) is 12.0. The third-order valence-electron chi connectivity index (χ3n) is 3.90. The van der Waals surface area contributed by atoms with Crippen LogP contribution in [0.3, 0.4) is 0 Å². The summed E-state index contributed by atoms with van der Waals surface area (Å²) in [6.45, 7) is 5.49. The summed E-state index contributed by atoms with van der Waals surface area (Å²) in [5, 5.41) is 7.09. The molecule has 1 aromatic rings. The van der Waals surface area contributed by atoms with E-state index < -0.39 is 0 Å². The van der Waals surface area contributed by atoms with Crippen LogP contribution >= 0.6 is 0 Å². The smallest absolute Gasteiger partial charge is 0.227 e. The molecule has 1 aliphatic heterocycles. The molecule has 0 saturated carbocycles. The van der Waals surface area contributed by atoms with Crippen molar-refractivity contribution in [3.63, 3.8) is 0 Å². The summed E-state index contributed by atoms with van der Waals surface area (Å²) < 4.78 is 5.12. The monoisotopic (exact) mass is 265 g/mol. The number of nitrogens with zero attached hydrogens (tertiary/aromatic N) is 2. The van der Waals surface area contributed by atoms with Gasteiger partial charge in [0.05, 0.1) is 12.1 Å². The predicted octanol–water partition coefficient (Wildman–Crippen LogP) is 1.43. The van der Waals surface area contributed by atoms with E-state index in [1.165, 1.54) is 6.42 Å². The number of aryl methyl sites for hydroxylation is 2. The Labute approximate surface area is 114 Å². The van der Waals surface area contributed by atoms with Crippen LogP contribution < -0.4 is 5.32 Å². The van der Waals surface area contributed by atoms with Gasteiger partial charge in [-0.15, -0.1) is 0 Å². The second kappa shape index (κ2) is 6.19. The maximum Gasteiger partial charge on any atom is 0.227 e. The second-order valence-corrected chi connectivity index (χ2v) is 5.27. The third kappa shape index (κ3) is 3.15. The Morgan fingerprint density at radius 2 is 2.26 bits per heavy atom. The molecule has 19 heavy (non-hydrogen) atoms. The number of carbonyl (C=O) groups excluding carboxylic acids is 1. The van der Waals surface area contributed by atoms with Crippen LogP contribution in [0.2, 0.25) is 0 Å². The Balaban J connectivity index is 2.05. The van der Waals surface area contributed by atoms with E-state index in [2.05, 4.69) is 10.5 Å².